The lowest BCUT2D eigenvalue weighted by Crippen LogP contribution is -2.17. The first-order chi connectivity index (χ1) is 15.0. The van der Waals surface area contributed by atoms with Gasteiger partial charge in [-0.25, -0.2) is 13.8 Å². The lowest BCUT2D eigenvalue weighted by atomic mass is 9.97. The minimum absolute atomic E-state index is 0.0147. The second-order valence-corrected chi connectivity index (χ2v) is 7.54. The van der Waals surface area contributed by atoms with Crippen LogP contribution in [0.4, 0.5) is 20.2 Å². The molecule has 0 bridgehead atoms. The smallest absolute Gasteiger partial charge is 0.255 e. The number of aromatic nitrogens is 1. The van der Waals surface area contributed by atoms with Crippen molar-refractivity contribution in [1.29, 1.82) is 0 Å². The maximum atomic E-state index is 14.3. The van der Waals surface area contributed by atoms with Crippen LogP contribution in [0.25, 0.3) is 11.3 Å². The molecule has 31 heavy (non-hydrogen) atoms. The monoisotopic (exact) mass is 420 g/mol. The number of rotatable bonds is 4. The summed E-state index contributed by atoms with van der Waals surface area (Å²) in [6.07, 6.45) is 0.751. The number of anilines is 2. The molecule has 1 unspecified atom stereocenters. The highest BCUT2D eigenvalue weighted by atomic mass is 19.1. The fraction of sp³-hybridized carbons (Fsp3) is 0.174. The van der Waals surface area contributed by atoms with E-state index in [-0.39, 0.29) is 35.5 Å². The van der Waals surface area contributed by atoms with E-state index in [4.69, 9.17) is 0 Å². The molecule has 0 saturated carbocycles. The Morgan fingerprint density at radius 2 is 1.71 bits per heavy atom. The molecule has 2 aliphatic rings. The van der Waals surface area contributed by atoms with Gasteiger partial charge in [-0.2, -0.15) is 0 Å². The number of hydrogen-bond acceptors (Lipinski definition) is 4. The molecule has 3 aromatic rings. The summed E-state index contributed by atoms with van der Waals surface area (Å²) in [4.78, 5) is 28.6. The minimum atomic E-state index is -0.727. The van der Waals surface area contributed by atoms with Gasteiger partial charge in [0.25, 0.3) is 5.91 Å². The van der Waals surface area contributed by atoms with E-state index in [1.807, 2.05) is 24.3 Å². The van der Waals surface area contributed by atoms with Gasteiger partial charge in [0, 0.05) is 12.2 Å². The van der Waals surface area contributed by atoms with Gasteiger partial charge in [-0.15, -0.1) is 0 Å². The average Bonchev–Trinajstić information content (AvgIpc) is 3.34. The predicted octanol–water partition coefficient (Wildman–Crippen LogP) is 3.62. The first kappa shape index (κ1) is 19.2. The molecule has 6 nitrogen and oxygen atoms in total. The van der Waals surface area contributed by atoms with Crippen LogP contribution in [0.1, 0.15) is 34.0 Å². The Morgan fingerprint density at radius 3 is 2.39 bits per heavy atom. The van der Waals surface area contributed by atoms with Gasteiger partial charge in [0.05, 0.1) is 40.7 Å². The fourth-order valence-electron chi connectivity index (χ4n) is 4.07. The van der Waals surface area contributed by atoms with Crippen molar-refractivity contribution < 1.29 is 18.4 Å². The molecule has 156 valence electrons. The number of fused-ring (bicyclic) bond motifs is 1. The highest BCUT2D eigenvalue weighted by Crippen LogP contribution is 2.33. The molecular formula is C23H18F2N4O2. The highest BCUT2D eigenvalue weighted by molar-refractivity contribution is 6.04. The number of benzene rings is 2. The Morgan fingerprint density at radius 1 is 0.968 bits per heavy atom. The molecule has 0 aliphatic carbocycles. The Kier molecular flexibility index (Phi) is 4.62. The molecule has 1 saturated heterocycles. The van der Waals surface area contributed by atoms with Crippen LogP contribution in [-0.4, -0.2) is 23.3 Å². The molecule has 3 heterocycles. The van der Waals surface area contributed by atoms with Crippen molar-refractivity contribution >= 4 is 23.2 Å². The molecule has 0 spiro atoms. The zero-order valence-corrected chi connectivity index (χ0v) is 16.3. The predicted molar refractivity (Wildman–Crippen MR) is 111 cm³/mol. The maximum Gasteiger partial charge on any atom is 0.255 e. The first-order valence-corrected chi connectivity index (χ1v) is 9.92. The summed E-state index contributed by atoms with van der Waals surface area (Å²) in [5, 5.41) is 8.68. The van der Waals surface area contributed by atoms with Crippen molar-refractivity contribution in [2.45, 2.75) is 18.9 Å². The summed E-state index contributed by atoms with van der Waals surface area (Å²) in [5.74, 6) is -1.91. The number of pyridine rings is 1. The van der Waals surface area contributed by atoms with Crippen molar-refractivity contribution in [3.8, 4) is 11.3 Å². The molecule has 1 fully saturated rings. The first-order valence-electron chi connectivity index (χ1n) is 9.92. The van der Waals surface area contributed by atoms with Gasteiger partial charge in [-0.1, -0.05) is 18.2 Å². The van der Waals surface area contributed by atoms with Crippen molar-refractivity contribution in [2.75, 3.05) is 11.9 Å². The number of carbonyl (C=O) groups is 2. The number of halogens is 2. The van der Waals surface area contributed by atoms with Gasteiger partial charge in [0.15, 0.2) is 0 Å². The van der Waals surface area contributed by atoms with Gasteiger partial charge in [0.2, 0.25) is 5.91 Å². The van der Waals surface area contributed by atoms with E-state index in [1.54, 1.807) is 0 Å². The van der Waals surface area contributed by atoms with Gasteiger partial charge in [0.1, 0.15) is 11.6 Å². The van der Waals surface area contributed by atoms with Gasteiger partial charge < -0.3 is 16.0 Å². The fourth-order valence-corrected chi connectivity index (χ4v) is 4.07. The second-order valence-electron chi connectivity index (χ2n) is 7.54. The van der Waals surface area contributed by atoms with Crippen LogP contribution < -0.4 is 16.0 Å². The van der Waals surface area contributed by atoms with E-state index in [2.05, 4.69) is 20.9 Å². The van der Waals surface area contributed by atoms with E-state index >= 15 is 0 Å². The Bertz CT molecular complexity index is 1190. The molecule has 5 rings (SSSR count). The number of nitrogens with zero attached hydrogens (tertiary/aromatic N) is 1. The van der Waals surface area contributed by atoms with E-state index in [9.17, 15) is 18.4 Å². The number of nitrogens with one attached hydrogen (secondary N) is 3. The van der Waals surface area contributed by atoms with Crippen LogP contribution >= 0.6 is 0 Å². The van der Waals surface area contributed by atoms with Gasteiger partial charge in [-0.3, -0.25) is 9.59 Å². The lowest BCUT2D eigenvalue weighted by Gasteiger charge is -2.14. The molecule has 2 amide bonds. The molecule has 1 atom stereocenters. The molecule has 2 aliphatic heterocycles. The van der Waals surface area contributed by atoms with Crippen LogP contribution in [0, 0.1) is 11.6 Å². The molecule has 3 N–H and O–H groups in total. The third-order valence-electron chi connectivity index (χ3n) is 5.60. The standard InChI is InChI=1S/C23H18F2N4O2/c24-15-2-1-3-16(25)20(15)17-10-18(21-19(29-17)11-27-23(21)31)28-13-6-4-12(5-7-13)14-8-9-26-22(14)30/h1-7,10,14H,8-9,11H2,(H,26,30)(H,27,31)(H,28,29). The Balaban J connectivity index is 1.52. The summed E-state index contributed by atoms with van der Waals surface area (Å²) < 4.78 is 28.7. The third kappa shape index (κ3) is 3.39. The van der Waals surface area contributed by atoms with E-state index in [1.165, 1.54) is 24.3 Å². The van der Waals surface area contributed by atoms with E-state index < -0.39 is 11.6 Å². The average molecular weight is 420 g/mol. The largest absolute Gasteiger partial charge is 0.356 e. The van der Waals surface area contributed by atoms with Gasteiger partial charge >= 0.3 is 0 Å². The third-order valence-corrected chi connectivity index (χ3v) is 5.60. The second kappa shape index (κ2) is 7.46. The number of hydrogen-bond donors (Lipinski definition) is 3. The zero-order chi connectivity index (χ0) is 21.5. The van der Waals surface area contributed by atoms with Crippen LogP contribution in [0.2, 0.25) is 0 Å². The Hall–Kier alpha value is -3.81. The normalized spacial score (nSPS) is 17.3. The van der Waals surface area contributed by atoms with E-state index in [0.717, 1.165) is 12.0 Å². The molecular weight excluding hydrogens is 402 g/mol. The van der Waals surface area contributed by atoms with Crippen LogP contribution in [0.15, 0.2) is 48.5 Å². The van der Waals surface area contributed by atoms with E-state index in [0.29, 0.717) is 29.2 Å². The van der Waals surface area contributed by atoms with Crippen molar-refractivity contribution in [3.63, 3.8) is 0 Å². The molecule has 2 aromatic carbocycles. The quantitative estimate of drug-likeness (QED) is 0.602. The zero-order valence-electron chi connectivity index (χ0n) is 16.3. The van der Waals surface area contributed by atoms with Crippen molar-refractivity contribution in [3.05, 3.63) is 77.0 Å². The molecule has 0 radical (unpaired) electrons. The number of amides is 2. The highest BCUT2D eigenvalue weighted by Gasteiger charge is 2.28. The van der Waals surface area contributed by atoms with Gasteiger partial charge in [-0.05, 0) is 42.3 Å². The molecule has 8 heteroatoms. The summed E-state index contributed by atoms with van der Waals surface area (Å²) in [6.45, 7) is 0.847. The van der Waals surface area contributed by atoms with Crippen LogP contribution in [0.3, 0.4) is 0 Å². The van der Waals surface area contributed by atoms with Crippen molar-refractivity contribution in [1.82, 2.24) is 15.6 Å². The summed E-state index contributed by atoms with van der Waals surface area (Å²) in [6, 6.07) is 12.4. The molecule has 1 aromatic heterocycles. The summed E-state index contributed by atoms with van der Waals surface area (Å²) >= 11 is 0. The summed E-state index contributed by atoms with van der Waals surface area (Å²) in [7, 11) is 0. The lowest BCUT2D eigenvalue weighted by molar-refractivity contribution is -0.120. The Labute approximate surface area is 176 Å². The SMILES string of the molecule is O=C1NCc2nc(-c3c(F)cccc3F)cc(Nc3ccc(C4CCNC4=O)cc3)c21. The minimum Gasteiger partial charge on any atom is -0.356 e. The van der Waals surface area contributed by atoms with Crippen LogP contribution in [0.5, 0.6) is 0 Å². The van der Waals surface area contributed by atoms with Crippen molar-refractivity contribution in [2.24, 2.45) is 0 Å². The number of carbonyl (C=O) groups excluding carboxylic acids is 2. The topological polar surface area (TPSA) is 83.1 Å². The summed E-state index contributed by atoms with van der Waals surface area (Å²) in [5.41, 5.74) is 2.63. The van der Waals surface area contributed by atoms with Crippen LogP contribution in [-0.2, 0) is 11.3 Å². The maximum absolute atomic E-state index is 14.3.